The molecule has 7 heteroatoms. The van der Waals surface area contributed by atoms with Crippen molar-refractivity contribution in [2.24, 2.45) is 12.8 Å². The Morgan fingerprint density at radius 3 is 2.72 bits per heavy atom. The number of hydrogen-bond donors (Lipinski definition) is 1. The second-order valence-electron chi connectivity index (χ2n) is 10.1. The number of nitrogens with two attached hydrogens (primary N) is 1. The fraction of sp³-hybridized carbons (Fsp3) is 0.440. The van der Waals surface area contributed by atoms with E-state index in [1.165, 1.54) is 16.8 Å². The van der Waals surface area contributed by atoms with E-state index in [1.807, 2.05) is 6.07 Å². The number of rotatable bonds is 2. The van der Waals surface area contributed by atoms with Gasteiger partial charge in [-0.05, 0) is 49.2 Å². The summed E-state index contributed by atoms with van der Waals surface area (Å²) in [5.41, 5.74) is 12.0. The zero-order chi connectivity index (χ0) is 22.2. The van der Waals surface area contributed by atoms with Crippen molar-refractivity contribution in [1.82, 2.24) is 14.5 Å². The van der Waals surface area contributed by atoms with Crippen LogP contribution in [0.3, 0.4) is 0 Å². The van der Waals surface area contributed by atoms with E-state index in [4.69, 9.17) is 5.73 Å². The molecule has 3 aromatic rings. The summed E-state index contributed by atoms with van der Waals surface area (Å²) in [7, 11) is 1.79. The molecule has 2 fully saturated rings. The number of hydrogen-bond acceptors (Lipinski definition) is 6. The third kappa shape index (κ3) is 2.95. The molecule has 2 aromatic heterocycles. The second-order valence-corrected chi connectivity index (χ2v) is 10.1. The van der Waals surface area contributed by atoms with Crippen LogP contribution < -0.4 is 21.1 Å². The highest BCUT2D eigenvalue weighted by atomic mass is 16.1. The van der Waals surface area contributed by atoms with Crippen LogP contribution >= 0.6 is 0 Å². The average Bonchev–Trinajstić information content (AvgIpc) is 3.13. The van der Waals surface area contributed by atoms with Crippen molar-refractivity contribution in [3.05, 3.63) is 64.1 Å². The lowest BCUT2D eigenvalue weighted by Crippen LogP contribution is -2.65. The van der Waals surface area contributed by atoms with Crippen LogP contribution in [0, 0.1) is 0 Å². The second kappa shape index (κ2) is 6.80. The summed E-state index contributed by atoms with van der Waals surface area (Å²) in [6.45, 7) is 8.98. The topological polar surface area (TPSA) is 70.6 Å². The van der Waals surface area contributed by atoms with Gasteiger partial charge in [-0.15, -0.1) is 0 Å². The van der Waals surface area contributed by atoms with Gasteiger partial charge >= 0.3 is 0 Å². The van der Waals surface area contributed by atoms with Gasteiger partial charge in [0.15, 0.2) is 0 Å². The standard InChI is InChI=1S/C25H30N6O/c1-16-11-29(21-10-23(32)28(3)24-20(21)5-4-8-27-24)13-22-19-7-6-18(9-17(19)12-31(16)22)30-14-25(2,26)15-30/h4-10,16,22H,11-15,26H2,1-3H3/t16-,22?/m1/s1. The summed E-state index contributed by atoms with van der Waals surface area (Å²) in [5, 5.41) is 1.03. The van der Waals surface area contributed by atoms with Crippen LogP contribution in [0.15, 0.2) is 47.4 Å². The van der Waals surface area contributed by atoms with E-state index in [9.17, 15) is 4.79 Å². The third-order valence-electron chi connectivity index (χ3n) is 7.46. The van der Waals surface area contributed by atoms with Gasteiger partial charge in [-0.25, -0.2) is 4.98 Å². The number of anilines is 2. The summed E-state index contributed by atoms with van der Waals surface area (Å²) in [6.07, 6.45) is 1.75. The molecule has 3 aliphatic rings. The molecule has 166 valence electrons. The van der Waals surface area contributed by atoms with Crippen molar-refractivity contribution in [2.45, 2.75) is 38.0 Å². The molecule has 1 unspecified atom stereocenters. The van der Waals surface area contributed by atoms with E-state index in [1.54, 1.807) is 23.9 Å². The van der Waals surface area contributed by atoms with Crippen molar-refractivity contribution in [3.8, 4) is 0 Å². The maximum atomic E-state index is 12.7. The first-order valence-corrected chi connectivity index (χ1v) is 11.4. The van der Waals surface area contributed by atoms with E-state index >= 15 is 0 Å². The zero-order valence-electron chi connectivity index (χ0n) is 19.0. The van der Waals surface area contributed by atoms with Gasteiger partial charge < -0.3 is 15.5 Å². The van der Waals surface area contributed by atoms with Crippen LogP contribution in [0.4, 0.5) is 11.4 Å². The Balaban J connectivity index is 1.34. The molecule has 0 saturated carbocycles. The molecule has 5 heterocycles. The number of fused-ring (bicyclic) bond motifs is 4. The molecule has 1 aromatic carbocycles. The van der Waals surface area contributed by atoms with E-state index < -0.39 is 0 Å². The minimum atomic E-state index is -0.0735. The number of piperazine rings is 1. The van der Waals surface area contributed by atoms with Gasteiger partial charge in [0.1, 0.15) is 5.65 Å². The molecule has 3 aliphatic heterocycles. The lowest BCUT2D eigenvalue weighted by Gasteiger charge is -2.47. The maximum absolute atomic E-state index is 12.7. The fourth-order valence-electron chi connectivity index (χ4n) is 5.84. The molecule has 32 heavy (non-hydrogen) atoms. The highest BCUT2D eigenvalue weighted by Gasteiger charge is 2.40. The monoisotopic (exact) mass is 430 g/mol. The van der Waals surface area contributed by atoms with Gasteiger partial charge in [0.2, 0.25) is 0 Å². The molecule has 7 nitrogen and oxygen atoms in total. The Bertz CT molecular complexity index is 1270. The minimum Gasteiger partial charge on any atom is -0.368 e. The molecule has 2 atom stereocenters. The predicted molar refractivity (Wildman–Crippen MR) is 128 cm³/mol. The number of benzene rings is 1. The first-order valence-electron chi connectivity index (χ1n) is 11.4. The van der Waals surface area contributed by atoms with Gasteiger partial charge in [-0.2, -0.15) is 0 Å². The SMILES string of the molecule is C[C@@H]1CN(c2cc(=O)n(C)c3ncccc23)CC2c3ccc(N4CC(C)(N)C4)cc3CN21. The maximum Gasteiger partial charge on any atom is 0.253 e. The van der Waals surface area contributed by atoms with Crippen LogP contribution in [0.5, 0.6) is 0 Å². The summed E-state index contributed by atoms with van der Waals surface area (Å²) in [6, 6.07) is 13.4. The van der Waals surface area contributed by atoms with Crippen LogP contribution in [0.1, 0.15) is 31.0 Å². The third-order valence-corrected chi connectivity index (χ3v) is 7.46. The van der Waals surface area contributed by atoms with Crippen molar-refractivity contribution in [1.29, 1.82) is 0 Å². The van der Waals surface area contributed by atoms with Crippen molar-refractivity contribution in [2.75, 3.05) is 36.0 Å². The van der Waals surface area contributed by atoms with Gasteiger partial charge in [0, 0.05) is 74.7 Å². The first-order chi connectivity index (χ1) is 15.3. The normalized spacial score (nSPS) is 24.4. The summed E-state index contributed by atoms with van der Waals surface area (Å²) in [5.74, 6) is 0. The number of aryl methyl sites for hydroxylation is 1. The molecule has 0 bridgehead atoms. The first kappa shape index (κ1) is 19.8. The molecule has 6 rings (SSSR count). The number of nitrogens with zero attached hydrogens (tertiary/aromatic N) is 5. The largest absolute Gasteiger partial charge is 0.368 e. The predicted octanol–water partition coefficient (Wildman–Crippen LogP) is 2.24. The molecule has 2 saturated heterocycles. The average molecular weight is 431 g/mol. The highest BCUT2D eigenvalue weighted by molar-refractivity contribution is 5.89. The Morgan fingerprint density at radius 2 is 1.94 bits per heavy atom. The molecule has 0 aliphatic carbocycles. The van der Waals surface area contributed by atoms with Gasteiger partial charge in [-0.1, -0.05) is 6.07 Å². The van der Waals surface area contributed by atoms with Crippen molar-refractivity contribution in [3.63, 3.8) is 0 Å². The summed E-state index contributed by atoms with van der Waals surface area (Å²) >= 11 is 0. The number of aromatic nitrogens is 2. The van der Waals surface area contributed by atoms with Crippen LogP contribution in [0.25, 0.3) is 11.0 Å². The van der Waals surface area contributed by atoms with Crippen LogP contribution in [-0.4, -0.2) is 52.2 Å². The lowest BCUT2D eigenvalue weighted by atomic mass is 9.92. The Morgan fingerprint density at radius 1 is 1.12 bits per heavy atom. The Hall–Kier alpha value is -2.90. The van der Waals surface area contributed by atoms with E-state index in [0.29, 0.717) is 12.1 Å². The zero-order valence-corrected chi connectivity index (χ0v) is 19.0. The van der Waals surface area contributed by atoms with Gasteiger partial charge in [0.25, 0.3) is 5.56 Å². The molecule has 0 radical (unpaired) electrons. The van der Waals surface area contributed by atoms with Crippen LogP contribution in [-0.2, 0) is 13.6 Å². The minimum absolute atomic E-state index is 0.0146. The Labute approximate surface area is 188 Å². The lowest BCUT2D eigenvalue weighted by molar-refractivity contribution is 0.134. The fourth-order valence-corrected chi connectivity index (χ4v) is 5.84. The number of pyridine rings is 2. The van der Waals surface area contributed by atoms with Crippen LogP contribution in [0.2, 0.25) is 0 Å². The van der Waals surface area contributed by atoms with E-state index in [-0.39, 0.29) is 11.1 Å². The summed E-state index contributed by atoms with van der Waals surface area (Å²) < 4.78 is 1.63. The summed E-state index contributed by atoms with van der Waals surface area (Å²) in [4.78, 5) is 24.5. The molecule has 0 spiro atoms. The molecule has 0 amide bonds. The van der Waals surface area contributed by atoms with Gasteiger partial charge in [0.05, 0.1) is 11.7 Å². The molecule has 2 N–H and O–H groups in total. The van der Waals surface area contributed by atoms with Crippen molar-refractivity contribution >= 4 is 22.4 Å². The molecular weight excluding hydrogens is 400 g/mol. The van der Waals surface area contributed by atoms with E-state index in [0.717, 1.165) is 49.4 Å². The van der Waals surface area contributed by atoms with Crippen molar-refractivity contribution < 1.29 is 0 Å². The smallest absolute Gasteiger partial charge is 0.253 e. The Kier molecular flexibility index (Phi) is 4.20. The van der Waals surface area contributed by atoms with Gasteiger partial charge in [-0.3, -0.25) is 14.3 Å². The van der Waals surface area contributed by atoms with E-state index in [2.05, 4.69) is 57.8 Å². The quantitative estimate of drug-likeness (QED) is 0.672. The highest BCUT2D eigenvalue weighted by Crippen LogP contribution is 2.42. The molecular formula is C25H30N6O.